The van der Waals surface area contributed by atoms with Gasteiger partial charge in [0.15, 0.2) is 0 Å². The first-order valence-electron chi connectivity index (χ1n) is 8.57. The second kappa shape index (κ2) is 7.25. The lowest BCUT2D eigenvalue weighted by molar-refractivity contribution is 0.0853. The van der Waals surface area contributed by atoms with Gasteiger partial charge in [0.05, 0.1) is 18.3 Å². The van der Waals surface area contributed by atoms with E-state index in [1.807, 2.05) is 6.20 Å². The molecule has 0 saturated carbocycles. The Labute approximate surface area is 133 Å². The van der Waals surface area contributed by atoms with Crippen LogP contribution in [0.3, 0.4) is 0 Å². The summed E-state index contributed by atoms with van der Waals surface area (Å²) in [5.41, 5.74) is 2.72. The molecule has 0 amide bonds. The van der Waals surface area contributed by atoms with Crippen molar-refractivity contribution in [2.24, 2.45) is 0 Å². The van der Waals surface area contributed by atoms with E-state index in [0.717, 1.165) is 52.2 Å². The number of likely N-dealkylation sites (N-methyl/N-ethyl adjacent to an activating group) is 1. The van der Waals surface area contributed by atoms with E-state index in [0.29, 0.717) is 5.92 Å². The number of benzene rings is 1. The Balaban J connectivity index is 1.79. The number of aromatic nitrogens is 2. The van der Waals surface area contributed by atoms with Crippen LogP contribution in [0.25, 0.3) is 10.9 Å². The first-order chi connectivity index (χ1) is 10.8. The lowest BCUT2D eigenvalue weighted by Crippen LogP contribution is -2.27. The van der Waals surface area contributed by atoms with Crippen LogP contribution >= 0.6 is 0 Å². The van der Waals surface area contributed by atoms with Crippen molar-refractivity contribution in [2.45, 2.75) is 39.2 Å². The zero-order valence-corrected chi connectivity index (χ0v) is 13.8. The molecule has 1 fully saturated rings. The van der Waals surface area contributed by atoms with E-state index in [-0.39, 0.29) is 0 Å². The highest BCUT2D eigenvalue weighted by Crippen LogP contribution is 2.29. The fourth-order valence-electron chi connectivity index (χ4n) is 3.33. The van der Waals surface area contributed by atoms with Gasteiger partial charge in [0.1, 0.15) is 0 Å². The first-order valence-corrected chi connectivity index (χ1v) is 8.57. The van der Waals surface area contributed by atoms with Gasteiger partial charge in [-0.3, -0.25) is 4.68 Å². The minimum absolute atomic E-state index is 0.643. The molecule has 0 radical (unpaired) electrons. The smallest absolute Gasteiger partial charge is 0.0685 e. The topological polar surface area (TPSA) is 30.3 Å². The third kappa shape index (κ3) is 3.33. The second-order valence-electron chi connectivity index (χ2n) is 6.10. The first kappa shape index (κ1) is 15.5. The number of hydrogen-bond acceptors (Lipinski definition) is 3. The van der Waals surface area contributed by atoms with Gasteiger partial charge < -0.3 is 9.64 Å². The van der Waals surface area contributed by atoms with E-state index in [1.54, 1.807) is 0 Å². The Kier molecular flexibility index (Phi) is 5.11. The summed E-state index contributed by atoms with van der Waals surface area (Å²) >= 11 is 0. The molecule has 1 aliphatic heterocycles. The normalized spacial score (nSPS) is 16.7. The summed E-state index contributed by atoms with van der Waals surface area (Å²) in [4.78, 5) is 2.44. The van der Waals surface area contributed by atoms with Gasteiger partial charge in [0.25, 0.3) is 0 Å². The van der Waals surface area contributed by atoms with Crippen molar-refractivity contribution in [2.75, 3.05) is 32.8 Å². The van der Waals surface area contributed by atoms with Crippen molar-refractivity contribution in [1.29, 1.82) is 0 Å². The number of fused-ring (bicyclic) bond motifs is 1. The zero-order chi connectivity index (χ0) is 15.4. The van der Waals surface area contributed by atoms with E-state index in [2.05, 4.69) is 46.7 Å². The Morgan fingerprint density at radius 2 is 2.00 bits per heavy atom. The fourth-order valence-corrected chi connectivity index (χ4v) is 3.33. The Morgan fingerprint density at radius 3 is 2.73 bits per heavy atom. The fraction of sp³-hybridized carbons (Fsp3) is 0.611. The number of rotatable bonds is 6. The summed E-state index contributed by atoms with van der Waals surface area (Å²) in [6, 6.07) is 6.84. The van der Waals surface area contributed by atoms with Gasteiger partial charge in [0.2, 0.25) is 0 Å². The van der Waals surface area contributed by atoms with E-state index >= 15 is 0 Å². The van der Waals surface area contributed by atoms with Crippen LogP contribution in [0.5, 0.6) is 0 Å². The van der Waals surface area contributed by atoms with E-state index in [9.17, 15) is 0 Å². The minimum atomic E-state index is 0.643. The van der Waals surface area contributed by atoms with Gasteiger partial charge in [-0.25, -0.2) is 0 Å². The summed E-state index contributed by atoms with van der Waals surface area (Å²) in [6.07, 6.45) is 4.27. The van der Waals surface area contributed by atoms with E-state index in [4.69, 9.17) is 4.74 Å². The quantitative estimate of drug-likeness (QED) is 0.820. The maximum absolute atomic E-state index is 5.48. The lowest BCUT2D eigenvalue weighted by Gasteiger charge is -2.22. The highest BCUT2D eigenvalue weighted by molar-refractivity contribution is 5.79. The van der Waals surface area contributed by atoms with Crippen molar-refractivity contribution in [3.8, 4) is 0 Å². The highest BCUT2D eigenvalue weighted by Gasteiger charge is 2.17. The molecule has 0 N–H and O–H groups in total. The number of nitrogens with zero attached hydrogens (tertiary/aromatic N) is 3. The molecule has 0 spiro atoms. The van der Waals surface area contributed by atoms with Crippen LogP contribution in [0.15, 0.2) is 24.4 Å². The molecule has 120 valence electrons. The van der Waals surface area contributed by atoms with Gasteiger partial charge >= 0.3 is 0 Å². The monoisotopic (exact) mass is 301 g/mol. The molecule has 0 unspecified atom stereocenters. The molecule has 2 heterocycles. The molecular weight excluding hydrogens is 274 g/mol. The molecular formula is C18H27N3O. The highest BCUT2D eigenvalue weighted by atomic mass is 16.5. The summed E-state index contributed by atoms with van der Waals surface area (Å²) in [7, 11) is 0. The third-order valence-corrected chi connectivity index (χ3v) is 4.88. The van der Waals surface area contributed by atoms with Crippen molar-refractivity contribution >= 4 is 10.9 Å². The summed E-state index contributed by atoms with van der Waals surface area (Å²) in [6.45, 7) is 10.4. The van der Waals surface area contributed by atoms with Gasteiger partial charge in [-0.1, -0.05) is 26.0 Å². The van der Waals surface area contributed by atoms with E-state index < -0.39 is 0 Å². The SMILES string of the molecule is CCN(CC)CCn1ncc2ccc(C3CCOCC3)cc21. The summed E-state index contributed by atoms with van der Waals surface area (Å²) < 4.78 is 7.65. The largest absolute Gasteiger partial charge is 0.381 e. The summed E-state index contributed by atoms with van der Waals surface area (Å²) in [5, 5.41) is 5.83. The minimum Gasteiger partial charge on any atom is -0.381 e. The van der Waals surface area contributed by atoms with Crippen LogP contribution in [0.4, 0.5) is 0 Å². The molecule has 2 aromatic rings. The van der Waals surface area contributed by atoms with Crippen LogP contribution in [0.1, 0.15) is 38.2 Å². The van der Waals surface area contributed by atoms with Gasteiger partial charge in [-0.15, -0.1) is 0 Å². The number of ether oxygens (including phenoxy) is 1. The van der Waals surface area contributed by atoms with Gasteiger partial charge in [0, 0.05) is 25.1 Å². The lowest BCUT2D eigenvalue weighted by atomic mass is 9.91. The molecule has 1 aromatic heterocycles. The predicted molar refractivity (Wildman–Crippen MR) is 90.3 cm³/mol. The van der Waals surface area contributed by atoms with Crippen molar-refractivity contribution < 1.29 is 4.74 Å². The molecule has 1 aliphatic rings. The van der Waals surface area contributed by atoms with Crippen LogP contribution in [-0.2, 0) is 11.3 Å². The van der Waals surface area contributed by atoms with Gasteiger partial charge in [-0.2, -0.15) is 5.10 Å². The van der Waals surface area contributed by atoms with Crippen LogP contribution < -0.4 is 0 Å². The molecule has 0 atom stereocenters. The predicted octanol–water partition coefficient (Wildman–Crippen LogP) is 3.27. The van der Waals surface area contributed by atoms with Crippen molar-refractivity contribution in [1.82, 2.24) is 14.7 Å². The Hall–Kier alpha value is -1.39. The summed E-state index contributed by atoms with van der Waals surface area (Å²) in [5.74, 6) is 0.643. The van der Waals surface area contributed by atoms with Crippen LogP contribution in [0, 0.1) is 0 Å². The molecule has 1 saturated heterocycles. The molecule has 4 nitrogen and oxygen atoms in total. The maximum Gasteiger partial charge on any atom is 0.0685 e. The third-order valence-electron chi connectivity index (χ3n) is 4.88. The van der Waals surface area contributed by atoms with Crippen LogP contribution in [0.2, 0.25) is 0 Å². The molecule has 4 heteroatoms. The average Bonchev–Trinajstić information content (AvgIpc) is 2.99. The zero-order valence-electron chi connectivity index (χ0n) is 13.8. The van der Waals surface area contributed by atoms with Crippen molar-refractivity contribution in [3.05, 3.63) is 30.0 Å². The number of hydrogen-bond donors (Lipinski definition) is 0. The maximum atomic E-state index is 5.48. The standard InChI is InChI=1S/C18H27N3O/c1-3-20(4-2)9-10-21-18-13-16(5-6-17(18)14-19-21)15-7-11-22-12-8-15/h5-6,13-15H,3-4,7-12H2,1-2H3. The second-order valence-corrected chi connectivity index (χ2v) is 6.10. The molecule has 0 aliphatic carbocycles. The molecule has 22 heavy (non-hydrogen) atoms. The average molecular weight is 301 g/mol. The van der Waals surface area contributed by atoms with Crippen molar-refractivity contribution in [3.63, 3.8) is 0 Å². The van der Waals surface area contributed by atoms with E-state index in [1.165, 1.54) is 16.5 Å². The van der Waals surface area contributed by atoms with Gasteiger partial charge in [-0.05, 0) is 43.5 Å². The van der Waals surface area contributed by atoms with Crippen LogP contribution in [-0.4, -0.2) is 47.5 Å². The molecule has 0 bridgehead atoms. The molecule has 3 rings (SSSR count). The molecule has 1 aromatic carbocycles. The Morgan fingerprint density at radius 1 is 1.23 bits per heavy atom. The Bertz CT molecular complexity index is 597.